The fraction of sp³-hybridized carbons (Fsp3) is 0.704. The summed E-state index contributed by atoms with van der Waals surface area (Å²) in [4.78, 5) is 36.9. The van der Waals surface area contributed by atoms with Crippen LogP contribution >= 0.6 is 0 Å². The van der Waals surface area contributed by atoms with Gasteiger partial charge in [-0.1, -0.05) is 26.1 Å². The smallest absolute Gasteiger partial charge is 0.410 e. The van der Waals surface area contributed by atoms with Gasteiger partial charge in [0.1, 0.15) is 23.7 Å². The standard InChI is InChI=1S/C27H43N5O4Si/c1-27(2,3)36-26(34)31-12-10-20(11-13-31)29-22-16-28-25-23(30-22)21(24(33)19-8-7-9-19)17-32(25)18-35-14-15-37(4,5)6/h16-17,19-20H,7-15,18H2,1-6H3,(H,29,30). The van der Waals surface area contributed by atoms with Crippen LogP contribution in [0.3, 0.4) is 0 Å². The van der Waals surface area contributed by atoms with Crippen LogP contribution in [0.5, 0.6) is 0 Å². The quantitative estimate of drug-likeness (QED) is 0.259. The van der Waals surface area contributed by atoms with E-state index in [4.69, 9.17) is 19.4 Å². The molecule has 0 bridgehead atoms. The second-order valence-electron chi connectivity index (χ2n) is 12.7. The molecule has 1 aliphatic carbocycles. The Morgan fingerprint density at radius 1 is 1.14 bits per heavy atom. The molecule has 0 radical (unpaired) electrons. The number of carbonyl (C=O) groups is 2. The topological polar surface area (TPSA) is 98.6 Å². The normalized spacial score (nSPS) is 17.6. The molecule has 10 heteroatoms. The fourth-order valence-corrected chi connectivity index (χ4v) is 5.33. The molecule has 1 saturated carbocycles. The van der Waals surface area contributed by atoms with E-state index >= 15 is 0 Å². The lowest BCUT2D eigenvalue weighted by atomic mass is 9.80. The second kappa shape index (κ2) is 11.1. The van der Waals surface area contributed by atoms with Gasteiger partial charge >= 0.3 is 6.09 Å². The number of fused-ring (bicyclic) bond motifs is 1. The number of anilines is 1. The van der Waals surface area contributed by atoms with Gasteiger partial charge in [0, 0.05) is 45.9 Å². The van der Waals surface area contributed by atoms with E-state index in [1.165, 1.54) is 0 Å². The van der Waals surface area contributed by atoms with Gasteiger partial charge in [-0.3, -0.25) is 4.79 Å². The maximum atomic E-state index is 13.2. The zero-order chi connectivity index (χ0) is 26.8. The fourth-order valence-electron chi connectivity index (χ4n) is 4.57. The van der Waals surface area contributed by atoms with E-state index in [1.807, 2.05) is 31.5 Å². The first kappa shape index (κ1) is 27.6. The molecule has 2 aliphatic rings. The highest BCUT2D eigenvalue weighted by atomic mass is 28.3. The van der Waals surface area contributed by atoms with Crippen LogP contribution in [0.25, 0.3) is 11.2 Å². The number of Topliss-reactive ketones (excluding diaryl/α,β-unsaturated/α-hetero) is 1. The highest BCUT2D eigenvalue weighted by Gasteiger charge is 2.30. The molecule has 1 amide bonds. The molecule has 37 heavy (non-hydrogen) atoms. The van der Waals surface area contributed by atoms with E-state index in [2.05, 4.69) is 25.0 Å². The van der Waals surface area contributed by atoms with Crippen LogP contribution in [0.1, 0.15) is 63.2 Å². The van der Waals surface area contributed by atoms with Crippen molar-refractivity contribution in [2.75, 3.05) is 25.0 Å². The van der Waals surface area contributed by atoms with Crippen molar-refractivity contribution in [3.63, 3.8) is 0 Å². The monoisotopic (exact) mass is 529 g/mol. The third kappa shape index (κ3) is 7.31. The van der Waals surface area contributed by atoms with Gasteiger partial charge in [0.15, 0.2) is 11.4 Å². The molecule has 4 rings (SSSR count). The van der Waals surface area contributed by atoms with Crippen molar-refractivity contribution in [3.8, 4) is 0 Å². The number of rotatable bonds is 9. The Balaban J connectivity index is 1.44. The maximum Gasteiger partial charge on any atom is 0.410 e. The maximum absolute atomic E-state index is 13.2. The molecule has 1 aliphatic heterocycles. The molecule has 1 saturated heterocycles. The summed E-state index contributed by atoms with van der Waals surface area (Å²) in [6.07, 6.45) is 7.92. The molecular formula is C27H43N5O4Si. The van der Waals surface area contributed by atoms with Crippen molar-refractivity contribution in [1.82, 2.24) is 19.4 Å². The van der Waals surface area contributed by atoms with Gasteiger partial charge in [0.2, 0.25) is 0 Å². The summed E-state index contributed by atoms with van der Waals surface area (Å²) in [5.74, 6) is 0.903. The molecule has 2 aromatic heterocycles. The Labute approximate surface area is 221 Å². The summed E-state index contributed by atoms with van der Waals surface area (Å²) < 4.78 is 13.4. The summed E-state index contributed by atoms with van der Waals surface area (Å²) in [5, 5.41) is 3.48. The lowest BCUT2D eigenvalue weighted by Gasteiger charge is -2.33. The average molecular weight is 530 g/mol. The first-order valence-corrected chi connectivity index (χ1v) is 17.3. The molecule has 0 spiro atoms. The molecule has 2 fully saturated rings. The summed E-state index contributed by atoms with van der Waals surface area (Å²) in [7, 11) is -1.18. The third-order valence-corrected chi connectivity index (χ3v) is 8.74. The summed E-state index contributed by atoms with van der Waals surface area (Å²) in [6.45, 7) is 15.0. The van der Waals surface area contributed by atoms with Crippen LogP contribution < -0.4 is 5.32 Å². The van der Waals surface area contributed by atoms with Gasteiger partial charge in [-0.2, -0.15) is 0 Å². The molecule has 0 aromatic carbocycles. The Morgan fingerprint density at radius 3 is 2.43 bits per heavy atom. The number of aromatic nitrogens is 3. The van der Waals surface area contributed by atoms with Crippen LogP contribution in [0.4, 0.5) is 10.6 Å². The summed E-state index contributed by atoms with van der Waals surface area (Å²) >= 11 is 0. The summed E-state index contributed by atoms with van der Waals surface area (Å²) in [6, 6.07) is 1.26. The highest BCUT2D eigenvalue weighted by molar-refractivity contribution is 6.76. The number of likely N-dealkylation sites (tertiary alicyclic amines) is 1. The van der Waals surface area contributed by atoms with Crippen molar-refractivity contribution >= 4 is 36.9 Å². The average Bonchev–Trinajstić information content (AvgIpc) is 3.12. The molecule has 0 atom stereocenters. The largest absolute Gasteiger partial charge is 0.444 e. The van der Waals surface area contributed by atoms with E-state index < -0.39 is 13.7 Å². The lowest BCUT2D eigenvalue weighted by molar-refractivity contribution is 0.0210. The Morgan fingerprint density at radius 2 is 1.84 bits per heavy atom. The Bertz CT molecular complexity index is 1110. The van der Waals surface area contributed by atoms with Crippen molar-refractivity contribution in [3.05, 3.63) is 18.0 Å². The zero-order valence-corrected chi connectivity index (χ0v) is 24.3. The minimum Gasteiger partial charge on any atom is -0.444 e. The first-order chi connectivity index (χ1) is 17.4. The van der Waals surface area contributed by atoms with Crippen molar-refractivity contribution < 1.29 is 19.1 Å². The van der Waals surface area contributed by atoms with Crippen LogP contribution in [-0.4, -0.2) is 70.7 Å². The first-order valence-electron chi connectivity index (χ1n) is 13.6. The van der Waals surface area contributed by atoms with Gasteiger partial charge in [0.05, 0.1) is 11.8 Å². The molecule has 9 nitrogen and oxygen atoms in total. The zero-order valence-electron chi connectivity index (χ0n) is 23.3. The number of ketones is 1. The van der Waals surface area contributed by atoms with Gasteiger partial charge in [0.25, 0.3) is 0 Å². The molecule has 0 unspecified atom stereocenters. The molecule has 1 N–H and O–H groups in total. The van der Waals surface area contributed by atoms with Crippen molar-refractivity contribution in [2.45, 2.75) is 96.9 Å². The van der Waals surface area contributed by atoms with Crippen molar-refractivity contribution in [1.29, 1.82) is 0 Å². The van der Waals surface area contributed by atoms with E-state index in [-0.39, 0.29) is 23.8 Å². The van der Waals surface area contributed by atoms with Crippen LogP contribution in [0.15, 0.2) is 12.4 Å². The minimum atomic E-state index is -1.18. The van der Waals surface area contributed by atoms with Gasteiger partial charge in [-0.25, -0.2) is 14.8 Å². The Kier molecular flexibility index (Phi) is 8.28. The van der Waals surface area contributed by atoms with E-state index in [0.717, 1.165) is 38.1 Å². The van der Waals surface area contributed by atoms with Crippen LogP contribution in [-0.2, 0) is 16.2 Å². The number of nitrogens with one attached hydrogen (secondary N) is 1. The number of piperidine rings is 1. The minimum absolute atomic E-state index is 0.0856. The van der Waals surface area contributed by atoms with E-state index in [9.17, 15) is 9.59 Å². The third-order valence-electron chi connectivity index (χ3n) is 7.03. The Hall–Kier alpha value is -2.46. The number of hydrogen-bond donors (Lipinski definition) is 1. The van der Waals surface area contributed by atoms with Gasteiger partial charge < -0.3 is 24.3 Å². The molecule has 3 heterocycles. The van der Waals surface area contributed by atoms with Gasteiger partial charge in [-0.05, 0) is 52.5 Å². The van der Waals surface area contributed by atoms with Crippen LogP contribution in [0, 0.1) is 5.92 Å². The van der Waals surface area contributed by atoms with Crippen molar-refractivity contribution in [2.24, 2.45) is 5.92 Å². The van der Waals surface area contributed by atoms with E-state index in [1.54, 1.807) is 11.1 Å². The van der Waals surface area contributed by atoms with Gasteiger partial charge in [-0.15, -0.1) is 0 Å². The molecule has 2 aromatic rings. The number of ether oxygens (including phenoxy) is 2. The highest BCUT2D eigenvalue weighted by Crippen LogP contribution is 2.32. The predicted molar refractivity (Wildman–Crippen MR) is 148 cm³/mol. The number of carbonyl (C=O) groups excluding carboxylic acids is 2. The van der Waals surface area contributed by atoms with Crippen LogP contribution in [0.2, 0.25) is 25.7 Å². The number of amides is 1. The molecular weight excluding hydrogens is 486 g/mol. The lowest BCUT2D eigenvalue weighted by Crippen LogP contribution is -2.44. The predicted octanol–water partition coefficient (Wildman–Crippen LogP) is 5.54. The van der Waals surface area contributed by atoms with E-state index in [0.29, 0.717) is 49.0 Å². The summed E-state index contributed by atoms with van der Waals surface area (Å²) in [5.41, 5.74) is 1.47. The number of nitrogens with zero attached hydrogens (tertiary/aromatic N) is 4. The second-order valence-corrected chi connectivity index (χ2v) is 18.3. The SMILES string of the molecule is CC(C)(C)OC(=O)N1CCC(Nc2cnc3c(n2)c(C(=O)C2CCC2)cn3COCC[Si](C)(C)C)CC1. The number of hydrogen-bond acceptors (Lipinski definition) is 7. The molecule has 204 valence electrons.